The second-order valence-electron chi connectivity index (χ2n) is 4.41. The number of hydrogen-bond donors (Lipinski definition) is 1. The molecule has 0 fully saturated rings. The van der Waals surface area contributed by atoms with Gasteiger partial charge in [0.2, 0.25) is 0 Å². The van der Waals surface area contributed by atoms with E-state index in [9.17, 15) is 0 Å². The summed E-state index contributed by atoms with van der Waals surface area (Å²) < 4.78 is 5.46. The van der Waals surface area contributed by atoms with Gasteiger partial charge in [0, 0.05) is 18.4 Å². The predicted octanol–water partition coefficient (Wildman–Crippen LogP) is 2.98. The molecule has 3 heteroatoms. The Labute approximate surface area is 114 Å². The number of nitrogens with one attached hydrogen (secondary N) is 1. The lowest BCUT2D eigenvalue weighted by Crippen LogP contribution is -2.18. The third kappa shape index (κ3) is 3.80. The average Bonchev–Trinajstić information content (AvgIpc) is 2.47. The molecule has 1 atom stereocenters. The molecule has 0 aliphatic carbocycles. The lowest BCUT2D eigenvalue weighted by molar-refractivity contribution is 0.340. The summed E-state index contributed by atoms with van der Waals surface area (Å²) in [6.45, 7) is 2.69. The first kappa shape index (κ1) is 13.6. The van der Waals surface area contributed by atoms with Crippen LogP contribution in [0.15, 0.2) is 48.8 Å². The molecule has 100 valence electrons. The van der Waals surface area contributed by atoms with Crippen LogP contribution in [0.5, 0.6) is 5.75 Å². The van der Waals surface area contributed by atoms with E-state index in [0.29, 0.717) is 12.6 Å². The van der Waals surface area contributed by atoms with Gasteiger partial charge in [-0.1, -0.05) is 18.2 Å². The van der Waals surface area contributed by atoms with Gasteiger partial charge >= 0.3 is 0 Å². The molecular formula is C16H20N2O. The van der Waals surface area contributed by atoms with Crippen LogP contribution < -0.4 is 10.1 Å². The zero-order valence-corrected chi connectivity index (χ0v) is 11.5. The molecule has 0 spiro atoms. The maximum atomic E-state index is 5.46. The fourth-order valence-corrected chi connectivity index (χ4v) is 2.10. The smallest absolute Gasteiger partial charge is 0.119 e. The van der Waals surface area contributed by atoms with E-state index in [2.05, 4.69) is 28.5 Å². The van der Waals surface area contributed by atoms with Crippen molar-refractivity contribution in [1.29, 1.82) is 0 Å². The van der Waals surface area contributed by atoms with Crippen molar-refractivity contribution in [3.8, 4) is 5.75 Å². The topological polar surface area (TPSA) is 34.1 Å². The lowest BCUT2D eigenvalue weighted by Gasteiger charge is -2.17. The van der Waals surface area contributed by atoms with Crippen LogP contribution >= 0.6 is 0 Å². The Bertz CT molecular complexity index is 482. The molecule has 0 saturated carbocycles. The van der Waals surface area contributed by atoms with E-state index >= 15 is 0 Å². The summed E-state index contributed by atoms with van der Waals surface area (Å²) in [5.74, 6) is 0.919. The minimum atomic E-state index is 0.292. The van der Waals surface area contributed by atoms with Gasteiger partial charge in [0.1, 0.15) is 5.75 Å². The second kappa shape index (κ2) is 6.90. The number of hydrogen-bond acceptors (Lipinski definition) is 3. The molecule has 1 heterocycles. The van der Waals surface area contributed by atoms with Gasteiger partial charge in [0.25, 0.3) is 0 Å². The zero-order valence-electron chi connectivity index (χ0n) is 11.5. The maximum absolute atomic E-state index is 5.46. The molecule has 0 bridgehead atoms. The van der Waals surface area contributed by atoms with E-state index in [1.54, 1.807) is 6.20 Å². The lowest BCUT2D eigenvalue weighted by atomic mass is 10.00. The summed E-state index contributed by atoms with van der Waals surface area (Å²) in [4.78, 5) is 4.16. The van der Waals surface area contributed by atoms with E-state index in [0.717, 1.165) is 12.2 Å². The molecular weight excluding hydrogens is 236 g/mol. The molecule has 3 nitrogen and oxygen atoms in total. The van der Waals surface area contributed by atoms with Gasteiger partial charge in [-0.15, -0.1) is 0 Å². The van der Waals surface area contributed by atoms with Crippen LogP contribution in [0.2, 0.25) is 0 Å². The fraction of sp³-hybridized carbons (Fsp3) is 0.312. The fourth-order valence-electron chi connectivity index (χ4n) is 2.10. The highest BCUT2D eigenvalue weighted by Gasteiger charge is 2.10. The SMILES string of the molecule is CCOc1ccc(C(Cc2cccnc2)NC)cc1. The minimum Gasteiger partial charge on any atom is -0.494 e. The first-order valence-electron chi connectivity index (χ1n) is 6.62. The van der Waals surface area contributed by atoms with Crippen molar-refractivity contribution in [3.63, 3.8) is 0 Å². The summed E-state index contributed by atoms with van der Waals surface area (Å²) in [7, 11) is 1.98. The number of benzene rings is 1. The molecule has 2 aromatic rings. The Morgan fingerprint density at radius 3 is 2.58 bits per heavy atom. The number of ether oxygens (including phenoxy) is 1. The van der Waals surface area contributed by atoms with E-state index < -0.39 is 0 Å². The molecule has 0 radical (unpaired) electrons. The van der Waals surface area contributed by atoms with Crippen molar-refractivity contribution in [3.05, 3.63) is 59.9 Å². The number of aromatic nitrogens is 1. The van der Waals surface area contributed by atoms with E-state index in [1.165, 1.54) is 11.1 Å². The monoisotopic (exact) mass is 256 g/mol. The van der Waals surface area contributed by atoms with Crippen LogP contribution in [-0.4, -0.2) is 18.6 Å². The van der Waals surface area contributed by atoms with Crippen LogP contribution in [0.25, 0.3) is 0 Å². The first-order chi connectivity index (χ1) is 9.33. The second-order valence-corrected chi connectivity index (χ2v) is 4.41. The van der Waals surface area contributed by atoms with Crippen LogP contribution in [0.1, 0.15) is 24.1 Å². The quantitative estimate of drug-likeness (QED) is 0.862. The highest BCUT2D eigenvalue weighted by Crippen LogP contribution is 2.20. The van der Waals surface area contributed by atoms with Crippen molar-refractivity contribution in [2.75, 3.05) is 13.7 Å². The van der Waals surface area contributed by atoms with Crippen molar-refractivity contribution >= 4 is 0 Å². The van der Waals surface area contributed by atoms with Crippen molar-refractivity contribution < 1.29 is 4.74 Å². The summed E-state index contributed by atoms with van der Waals surface area (Å²) in [6, 6.07) is 12.6. The Hall–Kier alpha value is -1.87. The largest absolute Gasteiger partial charge is 0.494 e. The van der Waals surface area contributed by atoms with Gasteiger partial charge < -0.3 is 10.1 Å². The summed E-state index contributed by atoms with van der Waals surface area (Å²) in [6.07, 6.45) is 4.64. The zero-order chi connectivity index (χ0) is 13.5. The third-order valence-electron chi connectivity index (χ3n) is 3.10. The highest BCUT2D eigenvalue weighted by atomic mass is 16.5. The Balaban J connectivity index is 2.08. The molecule has 1 N–H and O–H groups in total. The number of nitrogens with zero attached hydrogens (tertiary/aromatic N) is 1. The summed E-state index contributed by atoms with van der Waals surface area (Å²) >= 11 is 0. The Kier molecular flexibility index (Phi) is 4.93. The van der Waals surface area contributed by atoms with E-state index in [-0.39, 0.29) is 0 Å². The Morgan fingerprint density at radius 2 is 2.00 bits per heavy atom. The standard InChI is InChI=1S/C16H20N2O/c1-3-19-15-8-6-14(7-9-15)16(17-2)11-13-5-4-10-18-12-13/h4-10,12,16-17H,3,11H2,1-2H3. The van der Waals surface area contributed by atoms with Crippen molar-refractivity contribution in [2.24, 2.45) is 0 Å². The molecule has 1 aromatic heterocycles. The molecule has 19 heavy (non-hydrogen) atoms. The van der Waals surface area contributed by atoms with Crippen LogP contribution in [0.4, 0.5) is 0 Å². The first-order valence-corrected chi connectivity index (χ1v) is 6.62. The van der Waals surface area contributed by atoms with Crippen LogP contribution in [-0.2, 0) is 6.42 Å². The van der Waals surface area contributed by atoms with Gasteiger partial charge in [-0.25, -0.2) is 0 Å². The molecule has 1 unspecified atom stereocenters. The Morgan fingerprint density at radius 1 is 1.21 bits per heavy atom. The van der Waals surface area contributed by atoms with Crippen molar-refractivity contribution in [2.45, 2.75) is 19.4 Å². The summed E-state index contributed by atoms with van der Waals surface area (Å²) in [5, 5.41) is 3.35. The van der Waals surface area contributed by atoms with Gasteiger partial charge in [0.15, 0.2) is 0 Å². The maximum Gasteiger partial charge on any atom is 0.119 e. The summed E-state index contributed by atoms with van der Waals surface area (Å²) in [5.41, 5.74) is 2.49. The number of likely N-dealkylation sites (N-methyl/N-ethyl adjacent to an activating group) is 1. The van der Waals surface area contributed by atoms with Gasteiger partial charge in [0.05, 0.1) is 6.61 Å². The van der Waals surface area contributed by atoms with E-state index in [4.69, 9.17) is 4.74 Å². The molecule has 0 amide bonds. The van der Waals surface area contributed by atoms with Gasteiger partial charge in [-0.2, -0.15) is 0 Å². The number of rotatable bonds is 6. The molecule has 2 rings (SSSR count). The number of pyridine rings is 1. The van der Waals surface area contributed by atoms with Gasteiger partial charge in [-0.3, -0.25) is 4.98 Å². The third-order valence-corrected chi connectivity index (χ3v) is 3.10. The molecule has 0 aliphatic rings. The van der Waals surface area contributed by atoms with Crippen molar-refractivity contribution in [1.82, 2.24) is 10.3 Å². The molecule has 1 aromatic carbocycles. The molecule has 0 saturated heterocycles. The van der Waals surface area contributed by atoms with E-state index in [1.807, 2.05) is 38.4 Å². The minimum absolute atomic E-state index is 0.292. The van der Waals surface area contributed by atoms with Crippen LogP contribution in [0, 0.1) is 0 Å². The normalized spacial score (nSPS) is 12.1. The van der Waals surface area contributed by atoms with Gasteiger partial charge in [-0.05, 0) is 49.7 Å². The van der Waals surface area contributed by atoms with Crippen LogP contribution in [0.3, 0.4) is 0 Å². The highest BCUT2D eigenvalue weighted by molar-refractivity contribution is 5.30. The average molecular weight is 256 g/mol. The predicted molar refractivity (Wildman–Crippen MR) is 77.4 cm³/mol. The molecule has 0 aliphatic heterocycles.